The molecule has 2 nitrogen and oxygen atoms in total. The van der Waals surface area contributed by atoms with E-state index in [4.69, 9.17) is 9.47 Å². The molecule has 29 heavy (non-hydrogen) atoms. The van der Waals surface area contributed by atoms with Gasteiger partial charge in [0.05, 0.1) is 13.2 Å². The monoisotopic (exact) mass is 410 g/mol. The lowest BCUT2D eigenvalue weighted by atomic mass is 9.68. The van der Waals surface area contributed by atoms with Crippen LogP contribution in [0.3, 0.4) is 0 Å². The van der Waals surface area contributed by atoms with E-state index in [-0.39, 0.29) is 5.41 Å². The van der Waals surface area contributed by atoms with Crippen molar-refractivity contribution >= 4 is 18.4 Å². The minimum atomic E-state index is -1.84. The third-order valence-corrected chi connectivity index (χ3v) is 11.7. The highest BCUT2D eigenvalue weighted by Crippen LogP contribution is 2.43. The Kier molecular flexibility index (Phi) is 8.11. The molecule has 1 fully saturated rings. The quantitative estimate of drug-likeness (QED) is 0.506. The first-order valence-electron chi connectivity index (χ1n) is 11.2. The average Bonchev–Trinajstić information content (AvgIpc) is 2.79. The first kappa shape index (κ1) is 22.3. The number of hydrogen-bond acceptors (Lipinski definition) is 2. The van der Waals surface area contributed by atoms with Gasteiger partial charge in [0.1, 0.15) is 8.07 Å². The van der Waals surface area contributed by atoms with E-state index in [0.29, 0.717) is 5.92 Å². The van der Waals surface area contributed by atoms with Crippen molar-refractivity contribution in [3.8, 4) is 0 Å². The normalized spacial score (nSPS) is 16.1. The highest BCUT2D eigenvalue weighted by atomic mass is 28.3. The van der Waals surface area contributed by atoms with E-state index in [1.807, 2.05) is 14.2 Å². The van der Waals surface area contributed by atoms with Crippen molar-refractivity contribution in [2.75, 3.05) is 27.4 Å². The molecule has 0 spiro atoms. The molecule has 0 radical (unpaired) electrons. The predicted molar refractivity (Wildman–Crippen MR) is 126 cm³/mol. The van der Waals surface area contributed by atoms with Crippen LogP contribution in [0.2, 0.25) is 12.6 Å². The van der Waals surface area contributed by atoms with Crippen LogP contribution in [0.15, 0.2) is 60.7 Å². The Bertz CT molecular complexity index is 665. The van der Waals surface area contributed by atoms with Crippen molar-refractivity contribution < 1.29 is 9.47 Å². The Balaban J connectivity index is 1.93. The summed E-state index contributed by atoms with van der Waals surface area (Å²) in [5.41, 5.74) is 0.127. The molecule has 0 unspecified atom stereocenters. The Morgan fingerprint density at radius 3 is 1.72 bits per heavy atom. The van der Waals surface area contributed by atoms with E-state index >= 15 is 0 Å². The van der Waals surface area contributed by atoms with Crippen LogP contribution in [0.5, 0.6) is 0 Å². The maximum absolute atomic E-state index is 5.83. The van der Waals surface area contributed by atoms with Gasteiger partial charge in [-0.25, -0.2) is 0 Å². The first-order valence-corrected chi connectivity index (χ1v) is 13.9. The average molecular weight is 411 g/mol. The lowest BCUT2D eigenvalue weighted by Gasteiger charge is -2.44. The van der Waals surface area contributed by atoms with Gasteiger partial charge in [-0.15, -0.1) is 0 Å². The van der Waals surface area contributed by atoms with Crippen LogP contribution in [-0.2, 0) is 9.47 Å². The lowest BCUT2D eigenvalue weighted by molar-refractivity contribution is -0.0433. The largest absolute Gasteiger partial charge is 0.384 e. The maximum Gasteiger partial charge on any atom is 0.115 e. The van der Waals surface area contributed by atoms with E-state index in [0.717, 1.165) is 13.2 Å². The van der Waals surface area contributed by atoms with Gasteiger partial charge in [0.2, 0.25) is 0 Å². The summed E-state index contributed by atoms with van der Waals surface area (Å²) in [5.74, 6) is 0.709. The van der Waals surface area contributed by atoms with Crippen molar-refractivity contribution in [2.24, 2.45) is 11.3 Å². The zero-order valence-electron chi connectivity index (χ0n) is 18.5. The number of benzene rings is 2. The predicted octanol–water partition coefficient (Wildman–Crippen LogP) is 5.13. The van der Waals surface area contributed by atoms with Crippen LogP contribution < -0.4 is 10.4 Å². The van der Waals surface area contributed by atoms with Crippen molar-refractivity contribution in [3.05, 3.63) is 60.7 Å². The highest BCUT2D eigenvalue weighted by Gasteiger charge is 2.42. The van der Waals surface area contributed by atoms with Gasteiger partial charge in [-0.05, 0) is 31.2 Å². The topological polar surface area (TPSA) is 18.5 Å². The highest BCUT2D eigenvalue weighted by molar-refractivity contribution is 7.01. The van der Waals surface area contributed by atoms with Crippen molar-refractivity contribution in [1.29, 1.82) is 0 Å². The summed E-state index contributed by atoms with van der Waals surface area (Å²) >= 11 is 0. The minimum Gasteiger partial charge on any atom is -0.384 e. The minimum absolute atomic E-state index is 0.127. The first-order chi connectivity index (χ1) is 14.1. The summed E-state index contributed by atoms with van der Waals surface area (Å²) in [4.78, 5) is 0. The summed E-state index contributed by atoms with van der Waals surface area (Å²) in [6.45, 7) is 4.15. The molecule has 3 heteroatoms. The molecule has 0 N–H and O–H groups in total. The van der Waals surface area contributed by atoms with Gasteiger partial charge in [-0.2, -0.15) is 0 Å². The molecular weight excluding hydrogens is 372 g/mol. The summed E-state index contributed by atoms with van der Waals surface area (Å²) in [5, 5.41) is 3.05. The zero-order valence-corrected chi connectivity index (χ0v) is 19.5. The molecule has 1 saturated carbocycles. The molecule has 1 aliphatic carbocycles. The molecular formula is C26H38O2Si. The van der Waals surface area contributed by atoms with E-state index < -0.39 is 8.07 Å². The van der Waals surface area contributed by atoms with E-state index in [1.54, 1.807) is 0 Å². The standard InChI is InChI=1S/C26H38O2Si/c1-27-21-26(22-28-2,23-13-7-4-8-14-23)19-20-29(3,24-15-9-5-10-16-24)25-17-11-6-12-18-25/h5-6,9-12,15-18,23H,4,7-8,13-14,19-22H2,1-3H3. The molecule has 0 heterocycles. The number of methoxy groups -OCH3 is 2. The SMILES string of the molecule is COCC(CC[Si](C)(c1ccccc1)c1ccccc1)(COC)C1CCCCC1. The van der Waals surface area contributed by atoms with Gasteiger partial charge in [0.15, 0.2) is 0 Å². The van der Waals surface area contributed by atoms with E-state index in [1.165, 1.54) is 54.9 Å². The molecule has 0 bridgehead atoms. The third kappa shape index (κ3) is 5.20. The molecule has 2 aromatic rings. The summed E-state index contributed by atoms with van der Waals surface area (Å²) in [6.07, 6.45) is 7.90. The molecule has 1 aliphatic rings. The molecule has 2 aromatic carbocycles. The fraction of sp³-hybridized carbons (Fsp3) is 0.538. The molecule has 0 aromatic heterocycles. The Hall–Kier alpha value is -1.42. The molecule has 0 aliphatic heterocycles. The van der Waals surface area contributed by atoms with Crippen molar-refractivity contribution in [3.63, 3.8) is 0 Å². The van der Waals surface area contributed by atoms with Crippen LogP contribution in [0.4, 0.5) is 0 Å². The Labute approximate surface area is 178 Å². The van der Waals surface area contributed by atoms with Crippen molar-refractivity contribution in [2.45, 2.75) is 51.1 Å². The van der Waals surface area contributed by atoms with Crippen LogP contribution >= 0.6 is 0 Å². The van der Waals surface area contributed by atoms with Crippen LogP contribution in [-0.4, -0.2) is 35.5 Å². The second kappa shape index (κ2) is 10.6. The van der Waals surface area contributed by atoms with Crippen LogP contribution in [0.25, 0.3) is 0 Å². The van der Waals surface area contributed by atoms with E-state index in [9.17, 15) is 0 Å². The van der Waals surface area contributed by atoms with Crippen LogP contribution in [0, 0.1) is 11.3 Å². The fourth-order valence-corrected chi connectivity index (χ4v) is 9.25. The Morgan fingerprint density at radius 1 is 0.793 bits per heavy atom. The third-order valence-electron chi connectivity index (χ3n) is 7.28. The molecule has 0 amide bonds. The summed E-state index contributed by atoms with van der Waals surface area (Å²) in [6, 6.07) is 23.6. The van der Waals surface area contributed by atoms with Crippen molar-refractivity contribution in [1.82, 2.24) is 0 Å². The molecule has 3 rings (SSSR count). The zero-order chi connectivity index (χ0) is 20.6. The van der Waals surface area contributed by atoms with Gasteiger partial charge < -0.3 is 9.47 Å². The summed E-state index contributed by atoms with van der Waals surface area (Å²) < 4.78 is 11.7. The molecule has 158 valence electrons. The molecule has 0 atom stereocenters. The Morgan fingerprint density at radius 2 is 1.28 bits per heavy atom. The second-order valence-electron chi connectivity index (χ2n) is 9.13. The van der Waals surface area contributed by atoms with Gasteiger partial charge >= 0.3 is 0 Å². The number of rotatable bonds is 10. The van der Waals surface area contributed by atoms with Crippen LogP contribution in [0.1, 0.15) is 38.5 Å². The fourth-order valence-electron chi connectivity index (χ4n) is 5.48. The molecule has 0 saturated heterocycles. The smallest absolute Gasteiger partial charge is 0.115 e. The second-order valence-corrected chi connectivity index (χ2v) is 13.4. The maximum atomic E-state index is 5.83. The number of ether oxygens (including phenoxy) is 2. The lowest BCUT2D eigenvalue weighted by Crippen LogP contribution is -2.56. The van der Waals surface area contributed by atoms with Gasteiger partial charge in [-0.3, -0.25) is 0 Å². The van der Waals surface area contributed by atoms with Gasteiger partial charge in [0.25, 0.3) is 0 Å². The van der Waals surface area contributed by atoms with Gasteiger partial charge in [0, 0.05) is 19.6 Å². The van der Waals surface area contributed by atoms with E-state index in [2.05, 4.69) is 67.2 Å². The summed E-state index contributed by atoms with van der Waals surface area (Å²) in [7, 11) is 1.87. The number of hydrogen-bond donors (Lipinski definition) is 0. The van der Waals surface area contributed by atoms with Gasteiger partial charge in [-0.1, -0.05) is 96.8 Å².